The molecule has 0 saturated heterocycles. The van der Waals surface area contributed by atoms with Crippen molar-refractivity contribution in [3.8, 4) is 0 Å². The van der Waals surface area contributed by atoms with Crippen LogP contribution in [-0.4, -0.2) is 16.3 Å². The maximum Gasteiger partial charge on any atom is 0.0537 e. The van der Waals surface area contributed by atoms with Crippen molar-refractivity contribution in [2.75, 3.05) is 6.54 Å². The molecule has 0 amide bonds. The van der Waals surface area contributed by atoms with Crippen LogP contribution in [-0.2, 0) is 7.05 Å². The maximum absolute atomic E-state index is 4.28. The molecule has 3 heteroatoms. The van der Waals surface area contributed by atoms with Gasteiger partial charge in [0.25, 0.3) is 0 Å². The molecule has 1 aromatic rings. The first kappa shape index (κ1) is 17.2. The summed E-state index contributed by atoms with van der Waals surface area (Å²) in [6.45, 7) is 5.48. The van der Waals surface area contributed by atoms with Crippen LogP contribution in [0.15, 0.2) is 12.4 Å². The molecule has 0 aliphatic heterocycles. The molecule has 0 aliphatic carbocycles. The first-order valence-corrected chi connectivity index (χ1v) is 8.49. The number of rotatable bonds is 12. The summed E-state index contributed by atoms with van der Waals surface area (Å²) in [6, 6.07) is 0.480. The number of nitrogens with one attached hydrogen (secondary N) is 1. The Balaban J connectivity index is 2.14. The summed E-state index contributed by atoms with van der Waals surface area (Å²) >= 11 is 0. The topological polar surface area (TPSA) is 29.9 Å². The standard InChI is InChI=1S/C17H33N3/c1-4-6-7-8-9-10-11-12-13-17(18-5-2)16-14-19-20(3)15-16/h14-15,17-18H,4-13H2,1-3H3. The monoisotopic (exact) mass is 279 g/mol. The third-order valence-electron chi connectivity index (χ3n) is 3.92. The molecule has 0 aliphatic rings. The van der Waals surface area contributed by atoms with Crippen LogP contribution in [0.3, 0.4) is 0 Å². The molecule has 0 fully saturated rings. The van der Waals surface area contributed by atoms with E-state index < -0.39 is 0 Å². The molecule has 1 aromatic heterocycles. The van der Waals surface area contributed by atoms with Crippen LogP contribution >= 0.6 is 0 Å². The SMILES string of the molecule is CCCCCCCCCCC(NCC)c1cnn(C)c1. The van der Waals surface area contributed by atoms with E-state index in [4.69, 9.17) is 0 Å². The fourth-order valence-electron chi connectivity index (χ4n) is 2.74. The van der Waals surface area contributed by atoms with Crippen LogP contribution in [0.5, 0.6) is 0 Å². The van der Waals surface area contributed by atoms with Gasteiger partial charge in [-0.15, -0.1) is 0 Å². The van der Waals surface area contributed by atoms with Crippen molar-refractivity contribution in [3.05, 3.63) is 18.0 Å². The van der Waals surface area contributed by atoms with E-state index in [1.807, 2.05) is 17.9 Å². The summed E-state index contributed by atoms with van der Waals surface area (Å²) in [6.07, 6.45) is 16.5. The Kier molecular flexibility index (Phi) is 9.38. The molecule has 1 rings (SSSR count). The minimum Gasteiger partial charge on any atom is -0.310 e. The second-order valence-corrected chi connectivity index (χ2v) is 5.82. The Labute approximate surface area is 125 Å². The number of aryl methyl sites for hydroxylation is 1. The summed E-state index contributed by atoms with van der Waals surface area (Å²) < 4.78 is 1.90. The fourth-order valence-corrected chi connectivity index (χ4v) is 2.74. The van der Waals surface area contributed by atoms with E-state index in [9.17, 15) is 0 Å². The summed E-state index contributed by atoms with van der Waals surface area (Å²) in [4.78, 5) is 0. The average Bonchev–Trinajstić information content (AvgIpc) is 2.87. The average molecular weight is 279 g/mol. The van der Waals surface area contributed by atoms with Gasteiger partial charge in [-0.3, -0.25) is 4.68 Å². The van der Waals surface area contributed by atoms with Crippen molar-refractivity contribution in [2.24, 2.45) is 7.05 Å². The predicted octanol–water partition coefficient (Wildman–Crippen LogP) is 4.60. The zero-order valence-corrected chi connectivity index (χ0v) is 13.7. The highest BCUT2D eigenvalue weighted by atomic mass is 15.2. The van der Waals surface area contributed by atoms with E-state index in [0.29, 0.717) is 6.04 Å². The maximum atomic E-state index is 4.28. The fraction of sp³-hybridized carbons (Fsp3) is 0.824. The molecule has 0 bridgehead atoms. The Morgan fingerprint density at radius 3 is 2.25 bits per heavy atom. The van der Waals surface area contributed by atoms with Gasteiger partial charge < -0.3 is 5.32 Å². The minimum absolute atomic E-state index is 0.480. The van der Waals surface area contributed by atoms with E-state index in [1.165, 1.54) is 63.4 Å². The largest absolute Gasteiger partial charge is 0.310 e. The molecular weight excluding hydrogens is 246 g/mol. The summed E-state index contributed by atoms with van der Waals surface area (Å²) in [7, 11) is 1.99. The smallest absolute Gasteiger partial charge is 0.0537 e. The van der Waals surface area contributed by atoms with Crippen LogP contribution in [0.25, 0.3) is 0 Å². The summed E-state index contributed by atoms with van der Waals surface area (Å²) in [5.74, 6) is 0. The lowest BCUT2D eigenvalue weighted by Crippen LogP contribution is -2.20. The van der Waals surface area contributed by atoms with Gasteiger partial charge in [0, 0.05) is 24.8 Å². The highest BCUT2D eigenvalue weighted by Gasteiger charge is 2.11. The number of aromatic nitrogens is 2. The number of hydrogen-bond donors (Lipinski definition) is 1. The van der Waals surface area contributed by atoms with Crippen molar-refractivity contribution < 1.29 is 0 Å². The number of unbranched alkanes of at least 4 members (excludes halogenated alkanes) is 7. The molecule has 0 radical (unpaired) electrons. The molecule has 0 spiro atoms. The van der Waals surface area contributed by atoms with Crippen LogP contribution in [0.1, 0.15) is 83.2 Å². The van der Waals surface area contributed by atoms with Gasteiger partial charge >= 0.3 is 0 Å². The normalized spacial score (nSPS) is 12.8. The van der Waals surface area contributed by atoms with Crippen LogP contribution in [0.4, 0.5) is 0 Å². The van der Waals surface area contributed by atoms with Crippen LogP contribution in [0, 0.1) is 0 Å². The lowest BCUT2D eigenvalue weighted by molar-refractivity contribution is 0.474. The Morgan fingerprint density at radius 2 is 1.70 bits per heavy atom. The van der Waals surface area contributed by atoms with Gasteiger partial charge in [0.2, 0.25) is 0 Å². The second kappa shape index (κ2) is 10.9. The molecule has 116 valence electrons. The summed E-state index contributed by atoms with van der Waals surface area (Å²) in [5, 5.41) is 7.86. The van der Waals surface area contributed by atoms with E-state index in [2.05, 4.69) is 30.5 Å². The van der Waals surface area contributed by atoms with Crippen molar-refractivity contribution in [2.45, 2.75) is 77.7 Å². The van der Waals surface area contributed by atoms with Gasteiger partial charge in [0.05, 0.1) is 6.20 Å². The number of nitrogens with zero attached hydrogens (tertiary/aromatic N) is 2. The molecule has 1 unspecified atom stereocenters. The van der Waals surface area contributed by atoms with Crippen molar-refractivity contribution in [1.82, 2.24) is 15.1 Å². The molecule has 1 atom stereocenters. The Hall–Kier alpha value is -0.830. The minimum atomic E-state index is 0.480. The molecule has 1 N–H and O–H groups in total. The van der Waals surface area contributed by atoms with E-state index in [-0.39, 0.29) is 0 Å². The van der Waals surface area contributed by atoms with Crippen molar-refractivity contribution in [3.63, 3.8) is 0 Å². The quantitative estimate of drug-likeness (QED) is 0.567. The highest BCUT2D eigenvalue weighted by molar-refractivity contribution is 5.09. The zero-order valence-electron chi connectivity index (χ0n) is 13.7. The molecule has 1 heterocycles. The van der Waals surface area contributed by atoms with Crippen molar-refractivity contribution in [1.29, 1.82) is 0 Å². The first-order valence-electron chi connectivity index (χ1n) is 8.49. The third kappa shape index (κ3) is 7.09. The molecular formula is C17H33N3. The van der Waals surface area contributed by atoms with Gasteiger partial charge in [0.1, 0.15) is 0 Å². The predicted molar refractivity (Wildman–Crippen MR) is 86.9 cm³/mol. The molecule has 3 nitrogen and oxygen atoms in total. The van der Waals surface area contributed by atoms with Gasteiger partial charge in [-0.2, -0.15) is 5.10 Å². The molecule has 0 aromatic carbocycles. The van der Waals surface area contributed by atoms with Crippen LogP contribution in [0.2, 0.25) is 0 Å². The van der Waals surface area contributed by atoms with Gasteiger partial charge in [-0.05, 0) is 13.0 Å². The third-order valence-corrected chi connectivity index (χ3v) is 3.92. The van der Waals surface area contributed by atoms with Gasteiger partial charge in [0.15, 0.2) is 0 Å². The van der Waals surface area contributed by atoms with Crippen molar-refractivity contribution >= 4 is 0 Å². The first-order chi connectivity index (χ1) is 9.77. The molecule has 20 heavy (non-hydrogen) atoms. The van der Waals surface area contributed by atoms with E-state index in [0.717, 1.165) is 6.54 Å². The van der Waals surface area contributed by atoms with Gasteiger partial charge in [-0.25, -0.2) is 0 Å². The van der Waals surface area contributed by atoms with E-state index in [1.54, 1.807) is 0 Å². The van der Waals surface area contributed by atoms with Crippen LogP contribution < -0.4 is 5.32 Å². The lowest BCUT2D eigenvalue weighted by atomic mass is 10.0. The number of hydrogen-bond acceptors (Lipinski definition) is 2. The lowest BCUT2D eigenvalue weighted by Gasteiger charge is -2.16. The Morgan fingerprint density at radius 1 is 1.05 bits per heavy atom. The second-order valence-electron chi connectivity index (χ2n) is 5.82. The zero-order chi connectivity index (χ0) is 14.6. The van der Waals surface area contributed by atoms with Gasteiger partial charge in [-0.1, -0.05) is 65.2 Å². The summed E-state index contributed by atoms with van der Waals surface area (Å²) in [5.41, 5.74) is 1.33. The van der Waals surface area contributed by atoms with E-state index >= 15 is 0 Å². The molecule has 0 saturated carbocycles. The Bertz CT molecular complexity index is 333. The highest BCUT2D eigenvalue weighted by Crippen LogP contribution is 2.20.